The zero-order chi connectivity index (χ0) is 19.3. The molecular weight excluding hydrogens is 379 g/mol. The molecule has 0 aromatic heterocycles. The Bertz CT molecular complexity index is 993. The molecule has 1 heterocycles. The number of phenols is 2. The van der Waals surface area contributed by atoms with Gasteiger partial charge in [0.15, 0.2) is 11.5 Å². The van der Waals surface area contributed by atoms with Crippen molar-refractivity contribution in [1.82, 2.24) is 0 Å². The number of aromatic hydroxyl groups is 2. The number of halogens is 2. The van der Waals surface area contributed by atoms with Crippen LogP contribution in [0.1, 0.15) is 40.9 Å². The molecule has 1 aliphatic heterocycles. The molecule has 2 N–H and O–H groups in total. The first kappa shape index (κ1) is 18.4. The summed E-state index contributed by atoms with van der Waals surface area (Å²) in [7, 11) is 0. The van der Waals surface area contributed by atoms with Gasteiger partial charge in [-0.1, -0.05) is 29.3 Å². The van der Waals surface area contributed by atoms with Gasteiger partial charge in [-0.25, -0.2) is 4.79 Å². The molecule has 0 atom stereocenters. The molecule has 5 nitrogen and oxygen atoms in total. The monoisotopic (exact) mass is 394 g/mol. The summed E-state index contributed by atoms with van der Waals surface area (Å²) in [6.45, 7) is 6.74. The number of phenolic OH excluding ortho intramolecular Hbond substituents is 2. The molecule has 26 heavy (non-hydrogen) atoms. The van der Waals surface area contributed by atoms with Gasteiger partial charge in [0.1, 0.15) is 22.8 Å². The number of carbonyl (C=O) groups excluding carboxylic acids is 1. The van der Waals surface area contributed by atoms with Gasteiger partial charge in [-0.2, -0.15) is 0 Å². The van der Waals surface area contributed by atoms with E-state index >= 15 is 0 Å². The topological polar surface area (TPSA) is 76.0 Å². The maximum Gasteiger partial charge on any atom is 0.347 e. The van der Waals surface area contributed by atoms with Crippen LogP contribution in [0.25, 0.3) is 5.57 Å². The number of benzene rings is 2. The van der Waals surface area contributed by atoms with Gasteiger partial charge in [0, 0.05) is 17.2 Å². The molecule has 1 aliphatic rings. The van der Waals surface area contributed by atoms with Crippen molar-refractivity contribution >= 4 is 34.7 Å². The minimum Gasteiger partial charge on any atom is -0.506 e. The molecule has 3 rings (SSSR count). The normalized spacial score (nSPS) is 13.5. The first-order chi connectivity index (χ1) is 12.2. The Labute approximate surface area is 160 Å². The third kappa shape index (κ3) is 2.59. The van der Waals surface area contributed by atoms with E-state index in [-0.39, 0.29) is 49.9 Å². The highest BCUT2D eigenvalue weighted by molar-refractivity contribution is 6.34. The Morgan fingerprint density at radius 2 is 1.73 bits per heavy atom. The van der Waals surface area contributed by atoms with Crippen LogP contribution in [0, 0.1) is 13.8 Å². The predicted octanol–water partition coefficient (Wildman–Crippen LogP) is 5.77. The average Bonchev–Trinajstić information content (AvgIpc) is 2.74. The van der Waals surface area contributed by atoms with E-state index in [4.69, 9.17) is 32.7 Å². The lowest BCUT2D eigenvalue weighted by Gasteiger charge is -2.18. The molecule has 0 amide bonds. The number of carbonyl (C=O) groups is 1. The Hall–Kier alpha value is -2.37. The van der Waals surface area contributed by atoms with Gasteiger partial charge in [-0.05, 0) is 38.8 Å². The van der Waals surface area contributed by atoms with E-state index < -0.39 is 5.97 Å². The second kappa shape index (κ2) is 6.41. The molecule has 0 spiro atoms. The van der Waals surface area contributed by atoms with E-state index in [9.17, 15) is 15.0 Å². The summed E-state index contributed by atoms with van der Waals surface area (Å²) in [5.74, 6) is -0.758. The zero-order valence-electron chi connectivity index (χ0n) is 14.5. The van der Waals surface area contributed by atoms with Gasteiger partial charge in [0.25, 0.3) is 0 Å². The van der Waals surface area contributed by atoms with Crippen molar-refractivity contribution in [3.8, 4) is 28.7 Å². The van der Waals surface area contributed by atoms with E-state index in [1.165, 1.54) is 6.07 Å². The fourth-order valence-electron chi connectivity index (χ4n) is 2.83. The highest BCUT2D eigenvalue weighted by Gasteiger charge is 2.33. The van der Waals surface area contributed by atoms with Crippen LogP contribution in [0.4, 0.5) is 0 Å². The molecule has 2 aromatic rings. The summed E-state index contributed by atoms with van der Waals surface area (Å²) in [5, 5.41) is 20.5. The first-order valence-electron chi connectivity index (χ1n) is 7.79. The van der Waals surface area contributed by atoms with Crippen LogP contribution in [0.5, 0.6) is 28.7 Å². The summed E-state index contributed by atoms with van der Waals surface area (Å²) in [6.07, 6.45) is 1.79. The molecule has 0 radical (unpaired) electrons. The maximum absolute atomic E-state index is 12.7. The summed E-state index contributed by atoms with van der Waals surface area (Å²) >= 11 is 12.4. The largest absolute Gasteiger partial charge is 0.506 e. The second-order valence-electron chi connectivity index (χ2n) is 5.99. The number of hydrogen-bond donors (Lipinski definition) is 2. The fraction of sp³-hybridized carbons (Fsp3) is 0.211. The number of rotatable bonds is 1. The van der Waals surface area contributed by atoms with Crippen LogP contribution in [0.15, 0.2) is 12.1 Å². The van der Waals surface area contributed by atoms with Crippen LogP contribution in [-0.2, 0) is 0 Å². The van der Waals surface area contributed by atoms with Crippen molar-refractivity contribution in [1.29, 1.82) is 0 Å². The van der Waals surface area contributed by atoms with Crippen LogP contribution >= 0.6 is 23.2 Å². The Kier molecular flexibility index (Phi) is 4.54. The second-order valence-corrected chi connectivity index (χ2v) is 6.75. The number of hydrogen-bond acceptors (Lipinski definition) is 5. The van der Waals surface area contributed by atoms with Gasteiger partial charge in [0.2, 0.25) is 0 Å². The highest BCUT2D eigenvalue weighted by Crippen LogP contribution is 2.52. The Morgan fingerprint density at radius 1 is 1.08 bits per heavy atom. The maximum atomic E-state index is 12.7. The quantitative estimate of drug-likeness (QED) is 0.474. The Morgan fingerprint density at radius 3 is 2.35 bits per heavy atom. The summed E-state index contributed by atoms with van der Waals surface area (Å²) in [5.41, 5.74) is 1.82. The summed E-state index contributed by atoms with van der Waals surface area (Å²) < 4.78 is 11.5. The van der Waals surface area contributed by atoms with E-state index in [1.807, 2.05) is 0 Å². The molecule has 0 fully saturated rings. The standard InChI is InChI=1S/C19H16Cl2O5/c1-5-7(2)12-15(21)16(23)9(4)17-18(12)25-11-6-10(22)14(20)8(3)13(11)19(24)26-17/h5-6,22-23H,1-4H3/b7-5+. The Balaban J connectivity index is 2.40. The van der Waals surface area contributed by atoms with Crippen molar-refractivity contribution in [2.75, 3.05) is 0 Å². The number of fused-ring (bicyclic) bond motifs is 2. The van der Waals surface area contributed by atoms with Crippen molar-refractivity contribution in [3.63, 3.8) is 0 Å². The minimum atomic E-state index is -0.702. The molecule has 7 heteroatoms. The first-order valence-corrected chi connectivity index (χ1v) is 8.55. The molecule has 136 valence electrons. The van der Waals surface area contributed by atoms with Crippen molar-refractivity contribution in [2.45, 2.75) is 27.7 Å². The molecule has 0 unspecified atom stereocenters. The predicted molar refractivity (Wildman–Crippen MR) is 100 cm³/mol. The lowest BCUT2D eigenvalue weighted by molar-refractivity contribution is 0.0735. The lowest BCUT2D eigenvalue weighted by Crippen LogP contribution is -2.10. The highest BCUT2D eigenvalue weighted by atomic mass is 35.5. The van der Waals surface area contributed by atoms with E-state index in [0.717, 1.165) is 5.57 Å². The lowest BCUT2D eigenvalue weighted by atomic mass is 10.0. The molecule has 0 saturated heterocycles. The molecule has 2 aromatic carbocycles. The number of allylic oxidation sites excluding steroid dienone is 2. The third-order valence-corrected chi connectivity index (χ3v) is 5.28. The van der Waals surface area contributed by atoms with Crippen LogP contribution in [-0.4, -0.2) is 16.2 Å². The number of esters is 1. The molecular formula is C19H16Cl2O5. The smallest absolute Gasteiger partial charge is 0.347 e. The fourth-order valence-corrected chi connectivity index (χ4v) is 3.35. The van der Waals surface area contributed by atoms with Gasteiger partial charge in [-0.15, -0.1) is 0 Å². The van der Waals surface area contributed by atoms with Gasteiger partial charge in [-0.3, -0.25) is 0 Å². The molecule has 0 bridgehead atoms. The van der Waals surface area contributed by atoms with Crippen molar-refractivity contribution in [2.24, 2.45) is 0 Å². The van der Waals surface area contributed by atoms with Crippen LogP contribution in [0.2, 0.25) is 10.0 Å². The van der Waals surface area contributed by atoms with E-state index in [0.29, 0.717) is 11.1 Å². The van der Waals surface area contributed by atoms with Gasteiger partial charge >= 0.3 is 5.97 Å². The third-order valence-electron chi connectivity index (χ3n) is 4.44. The van der Waals surface area contributed by atoms with Crippen molar-refractivity contribution in [3.05, 3.63) is 44.4 Å². The van der Waals surface area contributed by atoms with Crippen molar-refractivity contribution < 1.29 is 24.5 Å². The zero-order valence-corrected chi connectivity index (χ0v) is 16.0. The van der Waals surface area contributed by atoms with Gasteiger partial charge < -0.3 is 19.7 Å². The molecule has 0 aliphatic carbocycles. The number of ether oxygens (including phenoxy) is 2. The summed E-state index contributed by atoms with van der Waals surface area (Å²) in [6, 6.07) is 1.26. The van der Waals surface area contributed by atoms with E-state index in [1.54, 1.807) is 33.8 Å². The van der Waals surface area contributed by atoms with Crippen LogP contribution in [0.3, 0.4) is 0 Å². The minimum absolute atomic E-state index is 0.0396. The van der Waals surface area contributed by atoms with E-state index in [2.05, 4.69) is 0 Å². The molecule has 0 saturated carbocycles. The van der Waals surface area contributed by atoms with Crippen LogP contribution < -0.4 is 9.47 Å². The van der Waals surface area contributed by atoms with Gasteiger partial charge in [0.05, 0.1) is 10.0 Å². The summed E-state index contributed by atoms with van der Waals surface area (Å²) in [4.78, 5) is 12.7. The average molecular weight is 395 g/mol. The SMILES string of the molecule is C/C=C(\C)c1c(Cl)c(O)c(C)c2c1Oc1cc(O)c(Cl)c(C)c1C(=O)O2.